The summed E-state index contributed by atoms with van der Waals surface area (Å²) < 4.78 is 36.8. The lowest BCUT2D eigenvalue weighted by atomic mass is 10.2. The summed E-state index contributed by atoms with van der Waals surface area (Å²) in [7, 11) is -3.08. The minimum atomic E-state index is -3.08. The van der Waals surface area contributed by atoms with Gasteiger partial charge in [-0.2, -0.15) is 0 Å². The highest BCUT2D eigenvalue weighted by molar-refractivity contribution is 9.10. The van der Waals surface area contributed by atoms with Gasteiger partial charge in [-0.05, 0) is 58.7 Å². The minimum Gasteiger partial charge on any atom is -0.490 e. The summed E-state index contributed by atoms with van der Waals surface area (Å²) in [6.45, 7) is 0.731. The van der Waals surface area contributed by atoms with Crippen LogP contribution < -0.4 is 4.74 Å². The molecule has 0 saturated carbocycles. The highest BCUT2D eigenvalue weighted by Crippen LogP contribution is 2.27. The summed E-state index contributed by atoms with van der Waals surface area (Å²) in [6.07, 6.45) is -0.273. The normalized spacial score (nSPS) is 18.5. The lowest BCUT2D eigenvalue weighted by molar-refractivity contribution is 0.0496. The van der Waals surface area contributed by atoms with E-state index in [4.69, 9.17) is 20.8 Å². The average molecular weight is 555 g/mol. The molecule has 1 aliphatic rings. The Labute approximate surface area is 207 Å². The molecule has 2 aromatic carbocycles. The van der Waals surface area contributed by atoms with Crippen molar-refractivity contribution in [2.75, 3.05) is 24.7 Å². The molecule has 2 unspecified atom stereocenters. The van der Waals surface area contributed by atoms with Gasteiger partial charge >= 0.3 is 0 Å². The highest BCUT2D eigenvalue weighted by atomic mass is 79.9. The molecular formula is C24H25BrClNO5S. The molecule has 4 rings (SSSR count). The second-order valence-electron chi connectivity index (χ2n) is 8.16. The van der Waals surface area contributed by atoms with Gasteiger partial charge in [-0.3, -0.25) is 4.90 Å². The second-order valence-corrected chi connectivity index (χ2v) is 11.7. The summed E-state index contributed by atoms with van der Waals surface area (Å²) in [4.78, 5) is 1.97. The van der Waals surface area contributed by atoms with Crippen LogP contribution in [0.25, 0.3) is 11.3 Å². The number of benzene rings is 2. The van der Waals surface area contributed by atoms with Gasteiger partial charge < -0.3 is 14.3 Å². The van der Waals surface area contributed by atoms with Crippen molar-refractivity contribution >= 4 is 37.4 Å². The molecule has 33 heavy (non-hydrogen) atoms. The number of nitrogens with zero attached hydrogens (tertiary/aromatic N) is 1. The number of sulfone groups is 1. The molecule has 1 aliphatic heterocycles. The van der Waals surface area contributed by atoms with Crippen molar-refractivity contribution in [3.05, 3.63) is 75.9 Å². The van der Waals surface area contributed by atoms with Crippen molar-refractivity contribution in [1.29, 1.82) is 0 Å². The number of aliphatic hydroxyl groups excluding tert-OH is 1. The van der Waals surface area contributed by atoms with Crippen LogP contribution >= 0.6 is 27.5 Å². The van der Waals surface area contributed by atoms with E-state index in [0.29, 0.717) is 35.3 Å². The number of furan rings is 1. The van der Waals surface area contributed by atoms with Gasteiger partial charge in [0.25, 0.3) is 0 Å². The molecule has 1 aromatic heterocycles. The molecule has 2 heterocycles. The van der Waals surface area contributed by atoms with Crippen LogP contribution in [-0.4, -0.2) is 55.2 Å². The maximum absolute atomic E-state index is 12.1. The van der Waals surface area contributed by atoms with E-state index >= 15 is 0 Å². The lowest BCUT2D eigenvalue weighted by Gasteiger charge is -2.29. The van der Waals surface area contributed by atoms with E-state index in [2.05, 4.69) is 15.9 Å². The fraction of sp³-hybridized carbons (Fsp3) is 0.333. The lowest BCUT2D eigenvalue weighted by Crippen LogP contribution is -2.42. The van der Waals surface area contributed by atoms with Gasteiger partial charge in [-0.25, -0.2) is 8.42 Å². The monoisotopic (exact) mass is 553 g/mol. The van der Waals surface area contributed by atoms with Crippen molar-refractivity contribution in [3.63, 3.8) is 0 Å². The molecule has 0 aliphatic carbocycles. The Hall–Kier alpha value is -1.84. The van der Waals surface area contributed by atoms with E-state index < -0.39 is 15.9 Å². The van der Waals surface area contributed by atoms with E-state index in [-0.39, 0.29) is 30.7 Å². The van der Waals surface area contributed by atoms with Crippen LogP contribution in [0.4, 0.5) is 0 Å². The smallest absolute Gasteiger partial charge is 0.151 e. The third-order valence-electron chi connectivity index (χ3n) is 5.57. The van der Waals surface area contributed by atoms with E-state index in [1.807, 2.05) is 59.5 Å². The molecule has 0 radical (unpaired) electrons. The molecule has 2 atom stereocenters. The van der Waals surface area contributed by atoms with Gasteiger partial charge in [0.1, 0.15) is 30.0 Å². The van der Waals surface area contributed by atoms with Crippen molar-refractivity contribution < 1.29 is 22.7 Å². The number of para-hydroxylation sites is 1. The number of hydrogen-bond donors (Lipinski definition) is 1. The van der Waals surface area contributed by atoms with E-state index in [9.17, 15) is 13.5 Å². The first-order chi connectivity index (χ1) is 15.8. The molecule has 1 N–H and O–H groups in total. The van der Waals surface area contributed by atoms with E-state index in [0.717, 1.165) is 10.0 Å². The minimum absolute atomic E-state index is 0.0761. The van der Waals surface area contributed by atoms with Crippen LogP contribution in [0.2, 0.25) is 5.02 Å². The summed E-state index contributed by atoms with van der Waals surface area (Å²) >= 11 is 9.52. The van der Waals surface area contributed by atoms with Gasteiger partial charge in [0.05, 0.1) is 22.5 Å². The SMILES string of the molecule is O=S1(=O)CCC(N(Cc2ccc(-c3cccc(Cl)c3)o2)CC(O)COc2ccccc2Br)C1. The first kappa shape index (κ1) is 24.3. The molecule has 176 valence electrons. The Bertz CT molecular complexity index is 1200. The number of halogens is 2. The molecular weight excluding hydrogens is 530 g/mol. The number of rotatable bonds is 9. The van der Waals surface area contributed by atoms with Crippen LogP contribution in [0.1, 0.15) is 12.2 Å². The second kappa shape index (κ2) is 10.6. The zero-order valence-electron chi connectivity index (χ0n) is 17.9. The van der Waals surface area contributed by atoms with Gasteiger partial charge in [0, 0.05) is 23.2 Å². The number of aliphatic hydroxyl groups is 1. The first-order valence-corrected chi connectivity index (χ1v) is 13.6. The molecule has 0 amide bonds. The van der Waals surface area contributed by atoms with Crippen LogP contribution in [0.5, 0.6) is 5.75 Å². The standard InChI is InChI=1S/C24H25BrClNO5S/c25-22-6-1-2-7-24(22)31-15-20(28)13-27(19-10-11-33(29,30)16-19)14-21-8-9-23(32-21)17-4-3-5-18(26)12-17/h1-9,12,19-20,28H,10-11,13-16H2. The van der Waals surface area contributed by atoms with Gasteiger partial charge in [0.15, 0.2) is 9.84 Å². The van der Waals surface area contributed by atoms with Crippen molar-refractivity contribution in [3.8, 4) is 17.1 Å². The summed E-state index contributed by atoms with van der Waals surface area (Å²) in [6, 6.07) is 18.4. The van der Waals surface area contributed by atoms with Crippen molar-refractivity contribution in [2.45, 2.75) is 25.1 Å². The molecule has 3 aromatic rings. The third-order valence-corrected chi connectivity index (χ3v) is 8.21. The zero-order chi connectivity index (χ0) is 23.4. The van der Waals surface area contributed by atoms with E-state index in [1.54, 1.807) is 6.07 Å². The molecule has 0 spiro atoms. The Morgan fingerprint density at radius 2 is 2.00 bits per heavy atom. The van der Waals surface area contributed by atoms with E-state index in [1.165, 1.54) is 0 Å². The van der Waals surface area contributed by atoms with Gasteiger partial charge in [0.2, 0.25) is 0 Å². The fourth-order valence-electron chi connectivity index (χ4n) is 3.94. The van der Waals surface area contributed by atoms with Crippen molar-refractivity contribution in [2.24, 2.45) is 0 Å². The molecule has 6 nitrogen and oxygen atoms in total. The predicted octanol–water partition coefficient (Wildman–Crippen LogP) is 4.79. The van der Waals surface area contributed by atoms with Gasteiger partial charge in [-0.15, -0.1) is 0 Å². The quantitative estimate of drug-likeness (QED) is 0.410. The van der Waals surface area contributed by atoms with Gasteiger partial charge in [-0.1, -0.05) is 35.9 Å². The van der Waals surface area contributed by atoms with Crippen LogP contribution in [0, 0.1) is 0 Å². The van der Waals surface area contributed by atoms with Crippen molar-refractivity contribution in [1.82, 2.24) is 4.90 Å². The van der Waals surface area contributed by atoms with Crippen LogP contribution in [0.3, 0.4) is 0 Å². The Morgan fingerprint density at radius 1 is 1.18 bits per heavy atom. The summed E-state index contributed by atoms with van der Waals surface area (Å²) in [5.74, 6) is 2.25. The predicted molar refractivity (Wildman–Crippen MR) is 132 cm³/mol. The zero-order valence-corrected chi connectivity index (χ0v) is 21.0. The molecule has 1 saturated heterocycles. The largest absolute Gasteiger partial charge is 0.490 e. The Morgan fingerprint density at radius 3 is 2.73 bits per heavy atom. The summed E-state index contributed by atoms with van der Waals surface area (Å²) in [5.41, 5.74) is 0.866. The maximum atomic E-state index is 12.1. The van der Waals surface area contributed by atoms with Crippen LogP contribution in [-0.2, 0) is 16.4 Å². The Kier molecular flexibility index (Phi) is 7.81. The highest BCUT2D eigenvalue weighted by Gasteiger charge is 2.33. The van der Waals surface area contributed by atoms with Crippen LogP contribution in [0.15, 0.2) is 69.6 Å². The molecule has 9 heteroatoms. The Balaban J connectivity index is 1.45. The number of hydrogen-bond acceptors (Lipinski definition) is 6. The fourth-order valence-corrected chi connectivity index (χ4v) is 6.29. The summed E-state index contributed by atoms with van der Waals surface area (Å²) in [5, 5.41) is 11.3. The average Bonchev–Trinajstić information content (AvgIpc) is 3.39. The maximum Gasteiger partial charge on any atom is 0.151 e. The topological polar surface area (TPSA) is 80.0 Å². The third kappa shape index (κ3) is 6.61. The molecule has 0 bridgehead atoms. The first-order valence-electron chi connectivity index (χ1n) is 10.6. The molecule has 1 fully saturated rings. The number of ether oxygens (including phenoxy) is 1.